The average molecular weight is 234 g/mol. The molecule has 0 aliphatic heterocycles. The predicted octanol–water partition coefficient (Wildman–Crippen LogP) is 1.77. The standard InChI is InChI=1S/C12H26O4/c1-2-3-10-16-11-8-6-4-5-7-9-12(13,14)15/h13-15H,2-11H2,1H3. The number of rotatable bonds is 11. The van der Waals surface area contributed by atoms with Crippen LogP contribution in [0.15, 0.2) is 0 Å². The lowest BCUT2D eigenvalue weighted by atomic mass is 10.1. The van der Waals surface area contributed by atoms with Crippen LogP contribution in [0, 0.1) is 0 Å². The molecule has 0 unspecified atom stereocenters. The first-order valence-electron chi connectivity index (χ1n) is 6.31. The zero-order valence-corrected chi connectivity index (χ0v) is 10.3. The van der Waals surface area contributed by atoms with E-state index in [0.717, 1.165) is 45.3 Å². The van der Waals surface area contributed by atoms with Crippen LogP contribution in [0.3, 0.4) is 0 Å². The fraction of sp³-hybridized carbons (Fsp3) is 1.00. The molecule has 16 heavy (non-hydrogen) atoms. The molecular formula is C12H26O4. The second-order valence-corrected chi connectivity index (χ2v) is 4.26. The molecule has 3 N–H and O–H groups in total. The normalized spacial score (nSPS) is 12.0. The van der Waals surface area contributed by atoms with E-state index in [1.165, 1.54) is 6.42 Å². The molecule has 0 saturated carbocycles. The molecule has 0 radical (unpaired) electrons. The Morgan fingerprint density at radius 1 is 0.812 bits per heavy atom. The molecule has 0 atom stereocenters. The highest BCUT2D eigenvalue weighted by Crippen LogP contribution is 2.10. The summed E-state index contributed by atoms with van der Waals surface area (Å²) < 4.78 is 5.41. The molecule has 0 amide bonds. The van der Waals surface area contributed by atoms with E-state index in [1.54, 1.807) is 0 Å². The Bertz CT molecular complexity index is 142. The van der Waals surface area contributed by atoms with Crippen molar-refractivity contribution < 1.29 is 20.1 Å². The van der Waals surface area contributed by atoms with Gasteiger partial charge in [-0.05, 0) is 19.3 Å². The van der Waals surface area contributed by atoms with Crippen LogP contribution in [0.25, 0.3) is 0 Å². The monoisotopic (exact) mass is 234 g/mol. The maximum atomic E-state index is 8.63. The van der Waals surface area contributed by atoms with E-state index in [-0.39, 0.29) is 6.42 Å². The lowest BCUT2D eigenvalue weighted by Gasteiger charge is -2.12. The fourth-order valence-electron chi connectivity index (χ4n) is 1.45. The van der Waals surface area contributed by atoms with Crippen molar-refractivity contribution in [3.63, 3.8) is 0 Å². The van der Waals surface area contributed by atoms with E-state index in [1.807, 2.05) is 0 Å². The molecule has 0 aliphatic rings. The van der Waals surface area contributed by atoms with Crippen LogP contribution in [-0.4, -0.2) is 34.5 Å². The average Bonchev–Trinajstić information content (AvgIpc) is 2.19. The van der Waals surface area contributed by atoms with Crippen molar-refractivity contribution in [3.8, 4) is 0 Å². The van der Waals surface area contributed by atoms with E-state index < -0.39 is 5.97 Å². The Balaban J connectivity index is 2.99. The zero-order chi connectivity index (χ0) is 12.3. The van der Waals surface area contributed by atoms with E-state index in [9.17, 15) is 0 Å². The molecule has 0 fully saturated rings. The van der Waals surface area contributed by atoms with Crippen molar-refractivity contribution in [1.29, 1.82) is 0 Å². The highest BCUT2D eigenvalue weighted by Gasteiger charge is 2.16. The van der Waals surface area contributed by atoms with Crippen molar-refractivity contribution in [2.45, 2.75) is 64.3 Å². The van der Waals surface area contributed by atoms with Gasteiger partial charge in [-0.1, -0.05) is 32.6 Å². The highest BCUT2D eigenvalue weighted by molar-refractivity contribution is 4.50. The number of unbranched alkanes of at least 4 members (excludes halogenated alkanes) is 5. The van der Waals surface area contributed by atoms with Gasteiger partial charge in [0.1, 0.15) is 0 Å². The summed E-state index contributed by atoms with van der Waals surface area (Å²) in [5.74, 6) is -2.48. The number of aliphatic hydroxyl groups is 3. The van der Waals surface area contributed by atoms with Crippen molar-refractivity contribution in [2.24, 2.45) is 0 Å². The van der Waals surface area contributed by atoms with Gasteiger partial charge in [0.15, 0.2) is 0 Å². The van der Waals surface area contributed by atoms with Gasteiger partial charge in [0, 0.05) is 19.6 Å². The van der Waals surface area contributed by atoms with Crippen LogP contribution in [0.1, 0.15) is 58.3 Å². The summed E-state index contributed by atoms with van der Waals surface area (Å²) in [6.07, 6.45) is 7.09. The van der Waals surface area contributed by atoms with Gasteiger partial charge in [-0.3, -0.25) is 0 Å². The first kappa shape index (κ1) is 15.8. The van der Waals surface area contributed by atoms with Crippen LogP contribution in [0.5, 0.6) is 0 Å². The maximum absolute atomic E-state index is 8.63. The summed E-state index contributed by atoms with van der Waals surface area (Å²) in [6, 6.07) is 0. The Morgan fingerprint density at radius 2 is 1.38 bits per heavy atom. The first-order valence-corrected chi connectivity index (χ1v) is 6.31. The predicted molar refractivity (Wildman–Crippen MR) is 62.8 cm³/mol. The SMILES string of the molecule is CCCCOCCCCCCCC(O)(O)O. The van der Waals surface area contributed by atoms with E-state index in [2.05, 4.69) is 6.92 Å². The lowest BCUT2D eigenvalue weighted by Crippen LogP contribution is -2.26. The molecule has 4 heteroatoms. The van der Waals surface area contributed by atoms with Gasteiger partial charge < -0.3 is 20.1 Å². The number of hydrogen-bond donors (Lipinski definition) is 3. The van der Waals surface area contributed by atoms with Crippen molar-refractivity contribution in [2.75, 3.05) is 13.2 Å². The minimum atomic E-state index is -2.48. The number of hydrogen-bond acceptors (Lipinski definition) is 4. The molecule has 0 bridgehead atoms. The van der Waals surface area contributed by atoms with Gasteiger partial charge in [-0.25, -0.2) is 0 Å². The molecule has 0 aromatic carbocycles. The van der Waals surface area contributed by atoms with Crippen molar-refractivity contribution in [3.05, 3.63) is 0 Å². The molecule has 0 saturated heterocycles. The van der Waals surface area contributed by atoms with Crippen LogP contribution < -0.4 is 0 Å². The van der Waals surface area contributed by atoms with Crippen LogP contribution in [0.4, 0.5) is 0 Å². The number of ether oxygens (including phenoxy) is 1. The highest BCUT2D eigenvalue weighted by atomic mass is 16.7. The third-order valence-corrected chi connectivity index (χ3v) is 2.44. The minimum absolute atomic E-state index is 0.0278. The van der Waals surface area contributed by atoms with E-state index in [0.29, 0.717) is 6.42 Å². The van der Waals surface area contributed by atoms with Crippen molar-refractivity contribution >= 4 is 0 Å². The van der Waals surface area contributed by atoms with Gasteiger partial charge >= 0.3 is 0 Å². The summed E-state index contributed by atoms with van der Waals surface area (Å²) in [4.78, 5) is 0. The smallest absolute Gasteiger partial charge is 0.275 e. The maximum Gasteiger partial charge on any atom is 0.275 e. The quantitative estimate of drug-likeness (QED) is 0.376. The van der Waals surface area contributed by atoms with Gasteiger partial charge in [0.25, 0.3) is 5.97 Å². The Hall–Kier alpha value is -0.160. The molecule has 4 nitrogen and oxygen atoms in total. The summed E-state index contributed by atoms with van der Waals surface area (Å²) in [5.41, 5.74) is 0. The largest absolute Gasteiger partial charge is 0.381 e. The fourth-order valence-corrected chi connectivity index (χ4v) is 1.45. The van der Waals surface area contributed by atoms with Crippen LogP contribution in [-0.2, 0) is 4.74 Å². The van der Waals surface area contributed by atoms with E-state index in [4.69, 9.17) is 20.1 Å². The topological polar surface area (TPSA) is 69.9 Å². The first-order chi connectivity index (χ1) is 7.56. The molecular weight excluding hydrogens is 208 g/mol. The van der Waals surface area contributed by atoms with Gasteiger partial charge in [0.05, 0.1) is 0 Å². The zero-order valence-electron chi connectivity index (χ0n) is 10.3. The minimum Gasteiger partial charge on any atom is -0.381 e. The lowest BCUT2D eigenvalue weighted by molar-refractivity contribution is -0.315. The molecule has 0 heterocycles. The van der Waals surface area contributed by atoms with E-state index >= 15 is 0 Å². The van der Waals surface area contributed by atoms with Gasteiger partial charge in [-0.2, -0.15) is 0 Å². The molecule has 0 spiro atoms. The molecule has 0 aliphatic carbocycles. The molecule has 0 aromatic heterocycles. The Kier molecular flexibility index (Phi) is 9.92. The summed E-state index contributed by atoms with van der Waals surface area (Å²) in [5, 5.41) is 25.9. The molecule has 0 aromatic rings. The second-order valence-electron chi connectivity index (χ2n) is 4.26. The Morgan fingerprint density at radius 3 is 2.00 bits per heavy atom. The van der Waals surface area contributed by atoms with Crippen LogP contribution in [0.2, 0.25) is 0 Å². The van der Waals surface area contributed by atoms with Gasteiger partial charge in [0.2, 0.25) is 0 Å². The summed E-state index contributed by atoms with van der Waals surface area (Å²) in [6.45, 7) is 3.83. The second kappa shape index (κ2) is 10.0. The van der Waals surface area contributed by atoms with Gasteiger partial charge in [-0.15, -0.1) is 0 Å². The third-order valence-electron chi connectivity index (χ3n) is 2.44. The summed E-state index contributed by atoms with van der Waals surface area (Å²) >= 11 is 0. The third kappa shape index (κ3) is 13.8. The molecule has 98 valence electrons. The summed E-state index contributed by atoms with van der Waals surface area (Å²) in [7, 11) is 0. The Labute approximate surface area is 98.2 Å². The van der Waals surface area contributed by atoms with Crippen LogP contribution >= 0.6 is 0 Å². The molecule has 0 rings (SSSR count). The van der Waals surface area contributed by atoms with Crippen molar-refractivity contribution in [1.82, 2.24) is 0 Å².